The van der Waals surface area contributed by atoms with Gasteiger partial charge in [0, 0.05) is 19.3 Å². The van der Waals surface area contributed by atoms with Gasteiger partial charge in [-0.3, -0.25) is 10.1 Å². The molecule has 72 valence electrons. The van der Waals surface area contributed by atoms with Crippen molar-refractivity contribution in [3.63, 3.8) is 0 Å². The standard InChI is InChI=1S/C8H11NO4/c10-9(11)7-1-3-8(4-2-7)12-5-6-13-8/h1H,2-6H2. The number of hydrogen-bond acceptors (Lipinski definition) is 4. The monoisotopic (exact) mass is 185 g/mol. The highest BCUT2D eigenvalue weighted by atomic mass is 16.7. The molecule has 1 heterocycles. The molecule has 0 aromatic rings. The number of nitrogens with zero attached hydrogens (tertiary/aromatic N) is 1. The first-order chi connectivity index (χ1) is 6.22. The molecule has 0 amide bonds. The first kappa shape index (κ1) is 8.65. The minimum Gasteiger partial charge on any atom is -0.347 e. The van der Waals surface area contributed by atoms with Crippen LogP contribution in [-0.2, 0) is 9.47 Å². The molecule has 0 N–H and O–H groups in total. The highest BCUT2D eigenvalue weighted by molar-refractivity contribution is 5.02. The van der Waals surface area contributed by atoms with Crippen LogP contribution >= 0.6 is 0 Å². The molecular formula is C8H11NO4. The Morgan fingerprint density at radius 1 is 1.46 bits per heavy atom. The third-order valence-corrected chi connectivity index (χ3v) is 2.46. The van der Waals surface area contributed by atoms with E-state index in [4.69, 9.17) is 9.47 Å². The van der Waals surface area contributed by atoms with Gasteiger partial charge in [-0.2, -0.15) is 0 Å². The summed E-state index contributed by atoms with van der Waals surface area (Å²) in [5.41, 5.74) is 0.282. The number of rotatable bonds is 1. The Kier molecular flexibility index (Phi) is 2.05. The minimum absolute atomic E-state index is 0.282. The van der Waals surface area contributed by atoms with Crippen LogP contribution in [0.4, 0.5) is 0 Å². The van der Waals surface area contributed by atoms with Crippen LogP contribution in [-0.4, -0.2) is 23.9 Å². The van der Waals surface area contributed by atoms with E-state index in [1.807, 2.05) is 0 Å². The summed E-state index contributed by atoms with van der Waals surface area (Å²) in [7, 11) is 0. The maximum Gasteiger partial charge on any atom is 0.242 e. The summed E-state index contributed by atoms with van der Waals surface area (Å²) in [5.74, 6) is -0.542. The Balaban J connectivity index is 2.06. The SMILES string of the molecule is O=[N+]([O-])C1=CCC2(CC1)OCCO2. The molecule has 1 fully saturated rings. The van der Waals surface area contributed by atoms with Crippen LogP contribution in [0.25, 0.3) is 0 Å². The zero-order valence-electron chi connectivity index (χ0n) is 7.19. The highest BCUT2D eigenvalue weighted by Crippen LogP contribution is 2.34. The van der Waals surface area contributed by atoms with Gasteiger partial charge in [0.15, 0.2) is 5.79 Å². The fraction of sp³-hybridized carbons (Fsp3) is 0.750. The second-order valence-electron chi connectivity index (χ2n) is 3.26. The molecule has 0 aromatic heterocycles. The molecule has 1 aliphatic heterocycles. The molecule has 5 heteroatoms. The topological polar surface area (TPSA) is 61.6 Å². The lowest BCUT2D eigenvalue weighted by atomic mass is 9.98. The molecule has 1 saturated heterocycles. The van der Waals surface area contributed by atoms with Gasteiger partial charge in [0.05, 0.1) is 18.1 Å². The molecule has 1 spiro atoms. The molecule has 2 aliphatic rings. The summed E-state index contributed by atoms with van der Waals surface area (Å²) in [6, 6.07) is 0. The predicted molar refractivity (Wildman–Crippen MR) is 43.6 cm³/mol. The van der Waals surface area contributed by atoms with Gasteiger partial charge < -0.3 is 9.47 Å². The predicted octanol–water partition coefficient (Wildman–Crippen LogP) is 1.07. The highest BCUT2D eigenvalue weighted by Gasteiger charge is 2.39. The van der Waals surface area contributed by atoms with E-state index < -0.39 is 5.79 Å². The van der Waals surface area contributed by atoms with Crippen molar-refractivity contribution in [2.75, 3.05) is 13.2 Å². The Hall–Kier alpha value is -0.940. The van der Waals surface area contributed by atoms with Crippen LogP contribution in [0.2, 0.25) is 0 Å². The molecule has 0 aromatic carbocycles. The molecule has 0 bridgehead atoms. The maximum atomic E-state index is 10.4. The van der Waals surface area contributed by atoms with Gasteiger partial charge in [0.1, 0.15) is 0 Å². The van der Waals surface area contributed by atoms with E-state index in [2.05, 4.69) is 0 Å². The van der Waals surface area contributed by atoms with E-state index >= 15 is 0 Å². The molecule has 5 nitrogen and oxygen atoms in total. The minimum atomic E-state index is -0.542. The van der Waals surface area contributed by atoms with Gasteiger partial charge in [-0.25, -0.2) is 0 Å². The van der Waals surface area contributed by atoms with Crippen LogP contribution in [0.5, 0.6) is 0 Å². The van der Waals surface area contributed by atoms with Gasteiger partial charge in [0.2, 0.25) is 5.70 Å². The second kappa shape index (κ2) is 3.08. The lowest BCUT2D eigenvalue weighted by Gasteiger charge is -2.28. The van der Waals surface area contributed by atoms with E-state index in [1.54, 1.807) is 6.08 Å². The summed E-state index contributed by atoms with van der Waals surface area (Å²) in [6.07, 6.45) is 3.14. The molecule has 0 saturated carbocycles. The summed E-state index contributed by atoms with van der Waals surface area (Å²) in [4.78, 5) is 10.1. The second-order valence-corrected chi connectivity index (χ2v) is 3.26. The number of hydrogen-bond donors (Lipinski definition) is 0. The van der Waals surface area contributed by atoms with E-state index in [-0.39, 0.29) is 10.6 Å². The third-order valence-electron chi connectivity index (χ3n) is 2.46. The van der Waals surface area contributed by atoms with Crippen molar-refractivity contribution in [1.82, 2.24) is 0 Å². The number of nitro groups is 1. The van der Waals surface area contributed by atoms with Gasteiger partial charge in [0.25, 0.3) is 0 Å². The van der Waals surface area contributed by atoms with E-state index in [9.17, 15) is 10.1 Å². The van der Waals surface area contributed by atoms with E-state index in [0.717, 1.165) is 0 Å². The smallest absolute Gasteiger partial charge is 0.242 e. The summed E-state index contributed by atoms with van der Waals surface area (Å²) < 4.78 is 10.8. The maximum absolute atomic E-state index is 10.4. The molecule has 2 rings (SSSR count). The fourth-order valence-electron chi connectivity index (χ4n) is 1.72. The number of ether oxygens (including phenoxy) is 2. The van der Waals surface area contributed by atoms with Gasteiger partial charge in [-0.05, 0) is 6.08 Å². The van der Waals surface area contributed by atoms with Crippen LogP contribution in [0.15, 0.2) is 11.8 Å². The lowest BCUT2D eigenvalue weighted by Crippen LogP contribution is -2.32. The van der Waals surface area contributed by atoms with Crippen molar-refractivity contribution < 1.29 is 14.4 Å². The van der Waals surface area contributed by atoms with Gasteiger partial charge >= 0.3 is 0 Å². The van der Waals surface area contributed by atoms with Crippen molar-refractivity contribution in [2.45, 2.75) is 25.0 Å². The average molecular weight is 185 g/mol. The molecule has 0 unspecified atom stereocenters. The number of allylic oxidation sites excluding steroid dienone is 1. The Morgan fingerprint density at radius 2 is 2.15 bits per heavy atom. The summed E-state index contributed by atoms with van der Waals surface area (Å²) in [6.45, 7) is 1.20. The zero-order chi connectivity index (χ0) is 9.31. The van der Waals surface area contributed by atoms with Gasteiger partial charge in [-0.15, -0.1) is 0 Å². The Morgan fingerprint density at radius 3 is 2.62 bits per heavy atom. The molecule has 13 heavy (non-hydrogen) atoms. The van der Waals surface area contributed by atoms with Crippen LogP contribution < -0.4 is 0 Å². The summed E-state index contributed by atoms with van der Waals surface area (Å²) >= 11 is 0. The Bertz CT molecular complexity index is 255. The molecular weight excluding hydrogens is 174 g/mol. The van der Waals surface area contributed by atoms with E-state index in [0.29, 0.717) is 32.5 Å². The molecule has 0 radical (unpaired) electrons. The summed E-state index contributed by atoms with van der Waals surface area (Å²) in [5, 5.41) is 10.4. The Labute approximate surface area is 75.5 Å². The van der Waals surface area contributed by atoms with E-state index in [1.165, 1.54) is 0 Å². The van der Waals surface area contributed by atoms with Crippen molar-refractivity contribution >= 4 is 0 Å². The molecule has 1 aliphatic carbocycles. The zero-order valence-corrected chi connectivity index (χ0v) is 7.19. The van der Waals surface area contributed by atoms with Crippen molar-refractivity contribution in [3.05, 3.63) is 21.9 Å². The van der Waals surface area contributed by atoms with Crippen LogP contribution in [0.1, 0.15) is 19.3 Å². The average Bonchev–Trinajstić information content (AvgIpc) is 2.54. The first-order valence-corrected chi connectivity index (χ1v) is 4.33. The lowest BCUT2D eigenvalue weighted by molar-refractivity contribution is -0.431. The first-order valence-electron chi connectivity index (χ1n) is 4.33. The normalized spacial score (nSPS) is 26.0. The fourth-order valence-corrected chi connectivity index (χ4v) is 1.72. The van der Waals surface area contributed by atoms with Crippen molar-refractivity contribution in [1.29, 1.82) is 0 Å². The van der Waals surface area contributed by atoms with Gasteiger partial charge in [-0.1, -0.05) is 0 Å². The van der Waals surface area contributed by atoms with Crippen molar-refractivity contribution in [2.24, 2.45) is 0 Å². The molecule has 0 atom stereocenters. The van der Waals surface area contributed by atoms with Crippen LogP contribution in [0, 0.1) is 10.1 Å². The quantitative estimate of drug-likeness (QED) is 0.453. The van der Waals surface area contributed by atoms with Crippen LogP contribution in [0.3, 0.4) is 0 Å². The third kappa shape index (κ3) is 1.57. The van der Waals surface area contributed by atoms with Crippen molar-refractivity contribution in [3.8, 4) is 0 Å². The largest absolute Gasteiger partial charge is 0.347 e.